The maximum Gasteiger partial charge on any atom is 0.194 e. The van der Waals surface area contributed by atoms with E-state index in [9.17, 15) is 5.11 Å². The van der Waals surface area contributed by atoms with E-state index < -0.39 is 0 Å². The number of fused-ring (bicyclic) bond motifs is 1. The van der Waals surface area contributed by atoms with Crippen molar-refractivity contribution in [2.45, 2.75) is 6.54 Å². The van der Waals surface area contributed by atoms with Crippen LogP contribution in [0.25, 0.3) is 11.0 Å². The highest BCUT2D eigenvalue weighted by Gasteiger charge is 2.10. The third-order valence-corrected chi connectivity index (χ3v) is 2.27. The number of halogens is 1. The minimum atomic E-state index is 0.156. The molecular formula is C10H10ClNO2. The number of nitrogens with one attached hydrogen (secondary N) is 1. The molecule has 2 aromatic rings. The van der Waals surface area contributed by atoms with Crippen LogP contribution in [0.15, 0.2) is 22.6 Å². The second kappa shape index (κ2) is 3.52. The summed E-state index contributed by atoms with van der Waals surface area (Å²) in [7, 11) is 1.82. The molecule has 2 N–H and O–H groups in total. The summed E-state index contributed by atoms with van der Waals surface area (Å²) in [5.74, 6) is 0.156. The molecule has 0 fully saturated rings. The van der Waals surface area contributed by atoms with Gasteiger partial charge in [0.25, 0.3) is 0 Å². The Hall–Kier alpha value is -1.19. The molecule has 0 unspecified atom stereocenters. The molecule has 14 heavy (non-hydrogen) atoms. The highest BCUT2D eigenvalue weighted by molar-refractivity contribution is 6.29. The second-order valence-corrected chi connectivity index (χ2v) is 3.45. The molecule has 3 nitrogen and oxygen atoms in total. The number of rotatable bonds is 2. The summed E-state index contributed by atoms with van der Waals surface area (Å²) in [6.45, 7) is 0.597. The van der Waals surface area contributed by atoms with Crippen LogP contribution >= 0.6 is 11.6 Å². The fourth-order valence-corrected chi connectivity index (χ4v) is 1.63. The molecule has 0 saturated carbocycles. The molecule has 0 atom stereocenters. The molecule has 0 spiro atoms. The van der Waals surface area contributed by atoms with Gasteiger partial charge in [-0.3, -0.25) is 0 Å². The number of aromatic hydroxyl groups is 1. The van der Waals surface area contributed by atoms with Gasteiger partial charge in [-0.1, -0.05) is 12.1 Å². The molecule has 0 saturated heterocycles. The third kappa shape index (κ3) is 1.45. The van der Waals surface area contributed by atoms with Gasteiger partial charge >= 0.3 is 0 Å². The Labute approximate surface area is 86.3 Å². The molecule has 4 heteroatoms. The van der Waals surface area contributed by atoms with E-state index >= 15 is 0 Å². The first kappa shape index (κ1) is 9.37. The molecule has 74 valence electrons. The van der Waals surface area contributed by atoms with Gasteiger partial charge in [-0.15, -0.1) is 0 Å². The molecule has 0 radical (unpaired) electrons. The van der Waals surface area contributed by atoms with Gasteiger partial charge in [0.2, 0.25) is 0 Å². The fraction of sp³-hybridized carbons (Fsp3) is 0.200. The first-order chi connectivity index (χ1) is 6.72. The standard InChI is InChI=1S/C10H10ClNO2/c1-12-5-7-3-2-6-4-8(11)14-10(6)9(7)13/h2-4,12-13H,5H2,1H3. The van der Waals surface area contributed by atoms with Crippen molar-refractivity contribution in [1.29, 1.82) is 0 Å². The Bertz CT molecular complexity index is 464. The zero-order valence-corrected chi connectivity index (χ0v) is 8.43. The second-order valence-electron chi connectivity index (χ2n) is 3.07. The summed E-state index contributed by atoms with van der Waals surface area (Å²) in [6.07, 6.45) is 0. The highest BCUT2D eigenvalue weighted by Crippen LogP contribution is 2.32. The molecule has 0 aliphatic heterocycles. The lowest BCUT2D eigenvalue weighted by Crippen LogP contribution is -2.04. The third-order valence-electron chi connectivity index (χ3n) is 2.08. The Morgan fingerprint density at radius 2 is 2.29 bits per heavy atom. The van der Waals surface area contributed by atoms with Crippen molar-refractivity contribution in [2.24, 2.45) is 0 Å². The average Bonchev–Trinajstić information content (AvgIpc) is 2.52. The zero-order chi connectivity index (χ0) is 10.1. The number of benzene rings is 1. The van der Waals surface area contributed by atoms with Gasteiger partial charge in [-0.05, 0) is 18.6 Å². The van der Waals surface area contributed by atoms with Gasteiger partial charge in [-0.25, -0.2) is 0 Å². The quantitative estimate of drug-likeness (QED) is 0.803. The van der Waals surface area contributed by atoms with Crippen LogP contribution in [0.2, 0.25) is 5.22 Å². The molecule has 0 bridgehead atoms. The van der Waals surface area contributed by atoms with Crippen molar-refractivity contribution >= 4 is 22.6 Å². The van der Waals surface area contributed by atoms with Gasteiger partial charge in [0.15, 0.2) is 16.6 Å². The van der Waals surface area contributed by atoms with Gasteiger partial charge in [0.05, 0.1) is 0 Å². The minimum Gasteiger partial charge on any atom is -0.504 e. The van der Waals surface area contributed by atoms with Crippen molar-refractivity contribution in [3.63, 3.8) is 0 Å². The minimum absolute atomic E-state index is 0.156. The van der Waals surface area contributed by atoms with E-state index in [2.05, 4.69) is 5.32 Å². The van der Waals surface area contributed by atoms with Crippen LogP contribution in [0.4, 0.5) is 0 Å². The van der Waals surface area contributed by atoms with E-state index in [0.717, 1.165) is 10.9 Å². The van der Waals surface area contributed by atoms with Crippen LogP contribution in [0.5, 0.6) is 5.75 Å². The van der Waals surface area contributed by atoms with Gasteiger partial charge < -0.3 is 14.8 Å². The van der Waals surface area contributed by atoms with Crippen LogP contribution in [-0.4, -0.2) is 12.2 Å². The zero-order valence-electron chi connectivity index (χ0n) is 7.67. The predicted molar refractivity (Wildman–Crippen MR) is 55.7 cm³/mol. The number of hydrogen-bond acceptors (Lipinski definition) is 3. The van der Waals surface area contributed by atoms with E-state index in [1.807, 2.05) is 19.2 Å². The van der Waals surface area contributed by atoms with Crippen LogP contribution < -0.4 is 5.32 Å². The maximum absolute atomic E-state index is 9.80. The average molecular weight is 212 g/mol. The van der Waals surface area contributed by atoms with E-state index in [1.165, 1.54) is 0 Å². The lowest BCUT2D eigenvalue weighted by atomic mass is 10.1. The van der Waals surface area contributed by atoms with E-state index in [1.54, 1.807) is 6.07 Å². The van der Waals surface area contributed by atoms with E-state index in [0.29, 0.717) is 12.1 Å². The molecule has 0 amide bonds. The van der Waals surface area contributed by atoms with Crippen LogP contribution in [0, 0.1) is 0 Å². The molecule has 0 aliphatic carbocycles. The molecule has 1 heterocycles. The van der Waals surface area contributed by atoms with Crippen LogP contribution in [0.3, 0.4) is 0 Å². The molecule has 2 rings (SSSR count). The van der Waals surface area contributed by atoms with Gasteiger partial charge in [0.1, 0.15) is 0 Å². The number of hydrogen-bond donors (Lipinski definition) is 2. The molecule has 0 aliphatic rings. The monoisotopic (exact) mass is 211 g/mol. The maximum atomic E-state index is 9.80. The summed E-state index contributed by atoms with van der Waals surface area (Å²) in [5, 5.41) is 13.9. The van der Waals surface area contributed by atoms with Gasteiger partial charge in [-0.2, -0.15) is 0 Å². The smallest absolute Gasteiger partial charge is 0.194 e. The number of phenolic OH excluding ortho intramolecular Hbond substituents is 1. The highest BCUT2D eigenvalue weighted by atomic mass is 35.5. The van der Waals surface area contributed by atoms with Crippen LogP contribution in [0.1, 0.15) is 5.56 Å². The SMILES string of the molecule is CNCc1ccc2cc(Cl)oc2c1O. The van der Waals surface area contributed by atoms with Crippen molar-refractivity contribution in [2.75, 3.05) is 7.05 Å². The van der Waals surface area contributed by atoms with E-state index in [4.69, 9.17) is 16.0 Å². The predicted octanol–water partition coefficient (Wildman–Crippen LogP) is 2.51. The Kier molecular flexibility index (Phi) is 2.35. The van der Waals surface area contributed by atoms with Crippen molar-refractivity contribution in [3.05, 3.63) is 29.0 Å². The lowest BCUT2D eigenvalue weighted by molar-refractivity contribution is 0.457. The summed E-state index contributed by atoms with van der Waals surface area (Å²) in [6, 6.07) is 5.40. The Morgan fingerprint density at radius 3 is 3.00 bits per heavy atom. The Morgan fingerprint density at radius 1 is 1.50 bits per heavy atom. The van der Waals surface area contributed by atoms with Crippen LogP contribution in [-0.2, 0) is 6.54 Å². The van der Waals surface area contributed by atoms with Gasteiger partial charge in [0, 0.05) is 23.6 Å². The summed E-state index contributed by atoms with van der Waals surface area (Å²) in [5.41, 5.74) is 1.24. The van der Waals surface area contributed by atoms with E-state index in [-0.39, 0.29) is 11.0 Å². The number of furan rings is 1. The largest absolute Gasteiger partial charge is 0.504 e. The molecular weight excluding hydrogens is 202 g/mol. The summed E-state index contributed by atoms with van der Waals surface area (Å²) >= 11 is 5.69. The number of phenols is 1. The topological polar surface area (TPSA) is 45.4 Å². The van der Waals surface area contributed by atoms with Crippen molar-refractivity contribution in [3.8, 4) is 5.75 Å². The summed E-state index contributed by atoms with van der Waals surface area (Å²) < 4.78 is 5.17. The normalized spacial score (nSPS) is 11.0. The molecule has 1 aromatic carbocycles. The first-order valence-electron chi connectivity index (χ1n) is 4.27. The van der Waals surface area contributed by atoms with Crippen molar-refractivity contribution < 1.29 is 9.52 Å². The Balaban J connectivity index is 2.61. The molecule has 1 aromatic heterocycles. The summed E-state index contributed by atoms with van der Waals surface area (Å²) in [4.78, 5) is 0. The first-order valence-corrected chi connectivity index (χ1v) is 4.64. The lowest BCUT2D eigenvalue weighted by Gasteiger charge is -2.02. The van der Waals surface area contributed by atoms with Crippen molar-refractivity contribution in [1.82, 2.24) is 5.32 Å². The fourth-order valence-electron chi connectivity index (χ4n) is 1.43.